The van der Waals surface area contributed by atoms with Gasteiger partial charge < -0.3 is 5.73 Å². The van der Waals surface area contributed by atoms with E-state index in [0.717, 1.165) is 0 Å². The van der Waals surface area contributed by atoms with Crippen molar-refractivity contribution in [2.45, 2.75) is 50.7 Å². The molecule has 2 N–H and O–H groups in total. The first-order chi connectivity index (χ1) is 5.28. The van der Waals surface area contributed by atoms with E-state index in [-0.39, 0.29) is 16.5 Å². The smallest absolute Gasteiger partial charge is 0.155 e. The molecule has 0 aromatic carbocycles. The topological polar surface area (TPSA) is 60.2 Å². The molecular weight excluding hydrogens is 174 g/mol. The molecule has 74 valence electrons. The quantitative estimate of drug-likeness (QED) is 0.722. The summed E-state index contributed by atoms with van der Waals surface area (Å²) < 4.78 is 23.0. The standard InChI is InChI=1S/C8H19NO2S/c1-6(2)12(10,11)8(4)5-7(3)9/h6-8H,5,9H2,1-4H3. The number of nitrogens with two attached hydrogens (primary N) is 1. The summed E-state index contributed by atoms with van der Waals surface area (Å²) in [5, 5.41) is -0.622. The minimum atomic E-state index is -2.95. The van der Waals surface area contributed by atoms with Crippen LogP contribution in [0.1, 0.15) is 34.1 Å². The fourth-order valence-corrected chi connectivity index (χ4v) is 2.62. The highest BCUT2D eigenvalue weighted by Gasteiger charge is 2.24. The summed E-state index contributed by atoms with van der Waals surface area (Å²) in [7, 11) is -2.95. The van der Waals surface area contributed by atoms with Crippen molar-refractivity contribution in [3.63, 3.8) is 0 Å². The summed E-state index contributed by atoms with van der Waals surface area (Å²) in [4.78, 5) is 0. The highest BCUT2D eigenvalue weighted by Crippen LogP contribution is 2.12. The van der Waals surface area contributed by atoms with Crippen molar-refractivity contribution < 1.29 is 8.42 Å². The van der Waals surface area contributed by atoms with Gasteiger partial charge in [-0.05, 0) is 34.1 Å². The van der Waals surface area contributed by atoms with E-state index in [2.05, 4.69) is 0 Å². The van der Waals surface area contributed by atoms with Crippen molar-refractivity contribution in [1.82, 2.24) is 0 Å². The third-order valence-corrected chi connectivity index (χ3v) is 4.55. The largest absolute Gasteiger partial charge is 0.328 e. The fourth-order valence-electron chi connectivity index (χ4n) is 1.12. The molecule has 0 fully saturated rings. The second-order valence-electron chi connectivity index (χ2n) is 3.66. The maximum Gasteiger partial charge on any atom is 0.155 e. The second-order valence-corrected chi connectivity index (χ2v) is 6.59. The SMILES string of the molecule is CC(N)CC(C)S(=O)(=O)C(C)C. The first-order valence-corrected chi connectivity index (χ1v) is 5.87. The number of hydrogen-bond acceptors (Lipinski definition) is 3. The summed E-state index contributed by atoms with van der Waals surface area (Å²) in [6, 6.07) is -0.0477. The van der Waals surface area contributed by atoms with Crippen LogP contribution in [0.25, 0.3) is 0 Å². The van der Waals surface area contributed by atoms with Gasteiger partial charge in [-0.15, -0.1) is 0 Å². The molecule has 0 saturated carbocycles. The molecule has 2 unspecified atom stereocenters. The molecule has 0 aromatic heterocycles. The van der Waals surface area contributed by atoms with Crippen molar-refractivity contribution in [1.29, 1.82) is 0 Å². The van der Waals surface area contributed by atoms with Crippen LogP contribution in [-0.2, 0) is 9.84 Å². The van der Waals surface area contributed by atoms with Crippen molar-refractivity contribution in [3.8, 4) is 0 Å². The van der Waals surface area contributed by atoms with Gasteiger partial charge in [0, 0.05) is 6.04 Å². The molecule has 0 amide bonds. The molecule has 0 bridgehead atoms. The number of rotatable bonds is 4. The zero-order chi connectivity index (χ0) is 9.94. The van der Waals surface area contributed by atoms with Crippen molar-refractivity contribution in [2.75, 3.05) is 0 Å². The maximum absolute atomic E-state index is 11.5. The van der Waals surface area contributed by atoms with Crippen LogP contribution in [0.5, 0.6) is 0 Å². The number of sulfone groups is 1. The minimum Gasteiger partial charge on any atom is -0.328 e. The van der Waals surface area contributed by atoms with Crippen LogP contribution in [0.2, 0.25) is 0 Å². The van der Waals surface area contributed by atoms with Gasteiger partial charge in [0.25, 0.3) is 0 Å². The Labute approximate surface area is 75.3 Å². The van der Waals surface area contributed by atoms with Crippen LogP contribution >= 0.6 is 0 Å². The van der Waals surface area contributed by atoms with Crippen LogP contribution in [0.15, 0.2) is 0 Å². The van der Waals surface area contributed by atoms with Crippen LogP contribution in [-0.4, -0.2) is 25.0 Å². The zero-order valence-electron chi connectivity index (χ0n) is 8.24. The van der Waals surface area contributed by atoms with Gasteiger partial charge in [0.1, 0.15) is 0 Å². The van der Waals surface area contributed by atoms with Crippen LogP contribution < -0.4 is 5.73 Å². The Hall–Kier alpha value is -0.0900. The molecule has 3 nitrogen and oxygen atoms in total. The molecule has 0 heterocycles. The van der Waals surface area contributed by atoms with E-state index in [1.807, 2.05) is 6.92 Å². The van der Waals surface area contributed by atoms with Crippen molar-refractivity contribution in [2.24, 2.45) is 5.73 Å². The van der Waals surface area contributed by atoms with Crippen molar-refractivity contribution in [3.05, 3.63) is 0 Å². The highest BCUT2D eigenvalue weighted by atomic mass is 32.2. The molecule has 0 aliphatic heterocycles. The summed E-state index contributed by atoms with van der Waals surface area (Å²) in [6.07, 6.45) is 0.542. The number of hydrogen-bond donors (Lipinski definition) is 1. The lowest BCUT2D eigenvalue weighted by Crippen LogP contribution is -2.31. The Kier molecular flexibility index (Phi) is 4.20. The molecule has 0 radical (unpaired) electrons. The first kappa shape index (κ1) is 11.9. The molecule has 12 heavy (non-hydrogen) atoms. The Morgan fingerprint density at radius 1 is 1.17 bits per heavy atom. The van der Waals surface area contributed by atoms with Gasteiger partial charge in [0.2, 0.25) is 0 Å². The monoisotopic (exact) mass is 193 g/mol. The summed E-state index contributed by atoms with van der Waals surface area (Å²) in [6.45, 7) is 6.95. The molecule has 0 saturated heterocycles. The highest BCUT2D eigenvalue weighted by molar-refractivity contribution is 7.92. The lowest BCUT2D eigenvalue weighted by molar-refractivity contribution is 0.555. The molecule has 0 spiro atoms. The van der Waals surface area contributed by atoms with Crippen LogP contribution in [0, 0.1) is 0 Å². The molecule has 0 aromatic rings. The van der Waals surface area contributed by atoms with Gasteiger partial charge in [-0.1, -0.05) is 0 Å². The average molecular weight is 193 g/mol. The van der Waals surface area contributed by atoms with Crippen LogP contribution in [0.3, 0.4) is 0 Å². The molecule has 0 aliphatic carbocycles. The van der Waals surface area contributed by atoms with E-state index in [9.17, 15) is 8.42 Å². The fraction of sp³-hybridized carbons (Fsp3) is 1.00. The van der Waals surface area contributed by atoms with E-state index in [1.165, 1.54) is 0 Å². The van der Waals surface area contributed by atoms with E-state index in [4.69, 9.17) is 5.73 Å². The summed E-state index contributed by atoms with van der Waals surface area (Å²) in [5.74, 6) is 0. The van der Waals surface area contributed by atoms with Gasteiger partial charge in [0.05, 0.1) is 10.5 Å². The van der Waals surface area contributed by atoms with E-state index in [0.29, 0.717) is 6.42 Å². The third kappa shape index (κ3) is 3.11. The second kappa shape index (κ2) is 4.23. The predicted octanol–water partition coefficient (Wildman–Crippen LogP) is 0.935. The Balaban J connectivity index is 4.38. The van der Waals surface area contributed by atoms with Crippen LogP contribution in [0.4, 0.5) is 0 Å². The Morgan fingerprint density at radius 2 is 1.58 bits per heavy atom. The Morgan fingerprint density at radius 3 is 1.83 bits per heavy atom. The minimum absolute atomic E-state index is 0.0477. The van der Waals surface area contributed by atoms with E-state index in [1.54, 1.807) is 20.8 Å². The third-order valence-electron chi connectivity index (χ3n) is 1.92. The molecule has 0 aliphatic rings. The molecular formula is C8H19NO2S. The van der Waals surface area contributed by atoms with Gasteiger partial charge >= 0.3 is 0 Å². The molecule has 2 atom stereocenters. The lowest BCUT2D eigenvalue weighted by atomic mass is 10.2. The molecule has 4 heteroatoms. The molecule has 0 rings (SSSR count). The first-order valence-electron chi connectivity index (χ1n) is 4.26. The Bertz CT molecular complexity index is 219. The van der Waals surface area contributed by atoms with Gasteiger partial charge in [-0.25, -0.2) is 8.42 Å². The van der Waals surface area contributed by atoms with Gasteiger partial charge in [-0.3, -0.25) is 0 Å². The zero-order valence-corrected chi connectivity index (χ0v) is 9.06. The summed E-state index contributed by atoms with van der Waals surface area (Å²) >= 11 is 0. The average Bonchev–Trinajstić information content (AvgIpc) is 1.85. The maximum atomic E-state index is 11.5. The van der Waals surface area contributed by atoms with E-state index < -0.39 is 9.84 Å². The van der Waals surface area contributed by atoms with Crippen molar-refractivity contribution >= 4 is 9.84 Å². The van der Waals surface area contributed by atoms with Gasteiger partial charge in [0.15, 0.2) is 9.84 Å². The normalized spacial score (nSPS) is 17.8. The predicted molar refractivity (Wildman–Crippen MR) is 51.8 cm³/mol. The lowest BCUT2D eigenvalue weighted by Gasteiger charge is -2.17. The summed E-state index contributed by atoms with van der Waals surface area (Å²) in [5.41, 5.74) is 5.53. The van der Waals surface area contributed by atoms with Gasteiger partial charge in [-0.2, -0.15) is 0 Å². The van der Waals surface area contributed by atoms with E-state index >= 15 is 0 Å².